The fourth-order valence-electron chi connectivity index (χ4n) is 8.21. The predicted molar refractivity (Wildman–Crippen MR) is 169 cm³/mol. The maximum atomic E-state index is 15.7. The van der Waals surface area contributed by atoms with E-state index in [0.29, 0.717) is 42.5 Å². The lowest BCUT2D eigenvalue weighted by Crippen LogP contribution is -2.57. The molecule has 256 valence electrons. The Hall–Kier alpha value is -3.57. The van der Waals surface area contributed by atoms with E-state index in [-0.39, 0.29) is 30.5 Å². The molecule has 1 aromatic heterocycles. The summed E-state index contributed by atoms with van der Waals surface area (Å²) in [5.41, 5.74) is -0.539. The summed E-state index contributed by atoms with van der Waals surface area (Å²) < 4.78 is 49.2. The number of aromatic nitrogens is 2. The lowest BCUT2D eigenvalue weighted by molar-refractivity contribution is -0.139. The highest BCUT2D eigenvalue weighted by Crippen LogP contribution is 2.64. The standard InChI is InChI=1S/C35H46F2N4O6/c1-7-21-25(18-42)41-17-26(21)46-30-28(38-23-14-13-20(45-6)16-24(23)39-30)27-22(35(27,36)37)12-8-10-19-11-9-15-34(19,5)47-32(44)40-29(31(41)43)33(2,3)4/h13-14,16,18-19,21-22,25-27,29H,7-12,15,17H2,1-6H3,(H,40,44)/t19-,21+,22?,25-,26+,27?,29-,34-/m1/s1. The number of aldehydes is 1. The van der Waals surface area contributed by atoms with Gasteiger partial charge in [-0.25, -0.2) is 23.5 Å². The van der Waals surface area contributed by atoms with Gasteiger partial charge in [-0.05, 0) is 68.9 Å². The van der Waals surface area contributed by atoms with Crippen LogP contribution < -0.4 is 14.8 Å². The topological polar surface area (TPSA) is 120 Å². The normalized spacial score (nSPS) is 34.1. The van der Waals surface area contributed by atoms with Crippen molar-refractivity contribution in [1.82, 2.24) is 20.2 Å². The highest BCUT2D eigenvalue weighted by atomic mass is 19.3. The predicted octanol–water partition coefficient (Wildman–Crippen LogP) is 6.05. The number of hydrogen-bond donors (Lipinski definition) is 1. The number of alkyl carbamates (subject to hydrolysis) is 1. The van der Waals surface area contributed by atoms with Gasteiger partial charge in [0.15, 0.2) is 0 Å². The first-order valence-corrected chi connectivity index (χ1v) is 16.9. The Bertz CT molecular complexity index is 1550. The van der Waals surface area contributed by atoms with Crippen LogP contribution in [0.4, 0.5) is 13.6 Å². The number of fused-ring (bicyclic) bond motifs is 7. The van der Waals surface area contributed by atoms with E-state index in [1.165, 1.54) is 12.0 Å². The molecular weight excluding hydrogens is 610 g/mol. The number of rotatable bonds is 3. The SMILES string of the molecule is CC[C@@H]1[C@@H]2CN(C(=O)[C@H](C(C)(C)C)NC(=O)O[C@]3(C)CCC[C@H]3CCCC3C(c4nc5ccc(OC)cc5nc4O2)C3(F)F)[C@@H]1C=O. The second-order valence-electron chi connectivity index (χ2n) is 15.0. The molecule has 2 aliphatic carbocycles. The molecule has 0 radical (unpaired) electrons. The van der Waals surface area contributed by atoms with Gasteiger partial charge in [-0.3, -0.25) is 4.79 Å². The highest BCUT2D eigenvalue weighted by Gasteiger charge is 2.70. The molecule has 12 heteroatoms. The van der Waals surface area contributed by atoms with E-state index < -0.39 is 64.9 Å². The number of nitrogens with one attached hydrogen (secondary N) is 1. The molecule has 6 rings (SSSR count). The molecule has 1 aromatic carbocycles. The van der Waals surface area contributed by atoms with Crippen LogP contribution in [0.2, 0.25) is 0 Å². The summed E-state index contributed by atoms with van der Waals surface area (Å²) in [6.07, 6.45) is 3.54. The van der Waals surface area contributed by atoms with Crippen molar-refractivity contribution in [1.29, 1.82) is 0 Å². The molecule has 2 amide bonds. The van der Waals surface area contributed by atoms with Crippen LogP contribution in [-0.2, 0) is 14.3 Å². The third-order valence-corrected chi connectivity index (χ3v) is 11.0. The van der Waals surface area contributed by atoms with Crippen LogP contribution in [0.5, 0.6) is 11.6 Å². The number of amides is 2. The zero-order valence-electron chi connectivity index (χ0n) is 28.1. The first-order chi connectivity index (χ1) is 22.2. The Kier molecular flexibility index (Phi) is 8.62. The number of ether oxygens (including phenoxy) is 3. The Morgan fingerprint density at radius 1 is 1.13 bits per heavy atom. The number of methoxy groups -OCH3 is 1. The Labute approximate surface area is 274 Å². The van der Waals surface area contributed by atoms with Crippen molar-refractivity contribution in [3.63, 3.8) is 0 Å². The average molecular weight is 657 g/mol. The molecule has 0 spiro atoms. The molecule has 2 bridgehead atoms. The number of halogens is 2. The maximum Gasteiger partial charge on any atom is 0.408 e. The molecule has 4 aliphatic rings. The van der Waals surface area contributed by atoms with E-state index in [4.69, 9.17) is 24.2 Å². The molecule has 2 aliphatic heterocycles. The average Bonchev–Trinajstić information content (AvgIpc) is 3.25. The zero-order valence-corrected chi connectivity index (χ0v) is 28.1. The van der Waals surface area contributed by atoms with E-state index in [2.05, 4.69) is 5.32 Å². The number of nitrogens with zero attached hydrogens (tertiary/aromatic N) is 3. The highest BCUT2D eigenvalue weighted by molar-refractivity contribution is 5.89. The molecule has 2 aromatic rings. The van der Waals surface area contributed by atoms with Crippen LogP contribution in [0.15, 0.2) is 18.2 Å². The molecule has 2 unspecified atom stereocenters. The molecule has 3 heterocycles. The second kappa shape index (κ2) is 12.1. The Morgan fingerprint density at radius 2 is 1.87 bits per heavy atom. The van der Waals surface area contributed by atoms with Crippen molar-refractivity contribution in [2.45, 2.75) is 115 Å². The van der Waals surface area contributed by atoms with Gasteiger partial charge in [0.25, 0.3) is 5.92 Å². The van der Waals surface area contributed by atoms with Crippen molar-refractivity contribution in [2.24, 2.45) is 23.2 Å². The third-order valence-electron chi connectivity index (χ3n) is 11.0. The largest absolute Gasteiger partial charge is 0.497 e. The van der Waals surface area contributed by atoms with Gasteiger partial charge in [0.05, 0.1) is 36.6 Å². The van der Waals surface area contributed by atoms with E-state index >= 15 is 8.78 Å². The summed E-state index contributed by atoms with van der Waals surface area (Å²) in [6.45, 7) is 9.32. The first-order valence-electron chi connectivity index (χ1n) is 16.9. The monoisotopic (exact) mass is 656 g/mol. The third kappa shape index (κ3) is 6.01. The summed E-state index contributed by atoms with van der Waals surface area (Å²) in [4.78, 5) is 51.1. The minimum absolute atomic E-state index is 0.000163. The van der Waals surface area contributed by atoms with Gasteiger partial charge >= 0.3 is 6.09 Å². The molecule has 1 saturated heterocycles. The van der Waals surface area contributed by atoms with Gasteiger partial charge in [-0.15, -0.1) is 0 Å². The quantitative estimate of drug-likeness (QED) is 0.397. The number of alkyl halides is 2. The van der Waals surface area contributed by atoms with E-state index in [1.807, 2.05) is 34.6 Å². The summed E-state index contributed by atoms with van der Waals surface area (Å²) in [5.74, 6) is -5.49. The Balaban J connectivity index is 1.44. The number of hydrogen-bond acceptors (Lipinski definition) is 8. The minimum atomic E-state index is -3.00. The van der Waals surface area contributed by atoms with Crippen LogP contribution in [0.1, 0.15) is 91.2 Å². The van der Waals surface area contributed by atoms with E-state index in [1.54, 1.807) is 18.2 Å². The van der Waals surface area contributed by atoms with Gasteiger partial charge in [-0.1, -0.05) is 34.1 Å². The number of carbonyl (C=O) groups is 3. The number of benzene rings is 1. The molecule has 3 fully saturated rings. The molecule has 10 nitrogen and oxygen atoms in total. The van der Waals surface area contributed by atoms with Crippen LogP contribution in [0.3, 0.4) is 0 Å². The fraction of sp³-hybridized carbons (Fsp3) is 0.686. The minimum Gasteiger partial charge on any atom is -0.497 e. The smallest absolute Gasteiger partial charge is 0.408 e. The van der Waals surface area contributed by atoms with Gasteiger partial charge in [0, 0.05) is 17.9 Å². The summed E-state index contributed by atoms with van der Waals surface area (Å²) in [6, 6.07) is 3.22. The molecule has 47 heavy (non-hydrogen) atoms. The zero-order chi connectivity index (χ0) is 33.9. The lowest BCUT2D eigenvalue weighted by atomic mass is 9.85. The van der Waals surface area contributed by atoms with Crippen LogP contribution in [0.25, 0.3) is 11.0 Å². The Morgan fingerprint density at radius 3 is 2.55 bits per heavy atom. The van der Waals surface area contributed by atoms with Gasteiger partial charge in [0.2, 0.25) is 11.8 Å². The van der Waals surface area contributed by atoms with Crippen molar-refractivity contribution < 1.29 is 37.4 Å². The summed E-state index contributed by atoms with van der Waals surface area (Å²) in [5, 5.41) is 2.84. The van der Waals surface area contributed by atoms with Crippen LogP contribution >= 0.6 is 0 Å². The fourth-order valence-corrected chi connectivity index (χ4v) is 8.21. The van der Waals surface area contributed by atoms with Crippen molar-refractivity contribution in [3.05, 3.63) is 23.9 Å². The first kappa shape index (κ1) is 33.3. The molecular formula is C35H46F2N4O6. The maximum absolute atomic E-state index is 15.7. The van der Waals surface area contributed by atoms with Crippen LogP contribution in [-0.4, -0.2) is 76.5 Å². The molecule has 2 saturated carbocycles. The van der Waals surface area contributed by atoms with Gasteiger partial charge in [-0.2, -0.15) is 0 Å². The van der Waals surface area contributed by atoms with Gasteiger partial charge < -0.3 is 29.2 Å². The van der Waals surface area contributed by atoms with E-state index in [0.717, 1.165) is 19.1 Å². The van der Waals surface area contributed by atoms with E-state index in [9.17, 15) is 14.4 Å². The molecule has 8 atom stereocenters. The number of carbonyl (C=O) groups excluding carboxylic acids is 3. The summed E-state index contributed by atoms with van der Waals surface area (Å²) >= 11 is 0. The lowest BCUT2D eigenvalue weighted by Gasteiger charge is -2.37. The van der Waals surface area contributed by atoms with Crippen molar-refractivity contribution in [2.75, 3.05) is 13.7 Å². The molecule has 1 N–H and O–H groups in total. The second-order valence-corrected chi connectivity index (χ2v) is 15.0. The summed E-state index contributed by atoms with van der Waals surface area (Å²) in [7, 11) is 1.53. The van der Waals surface area contributed by atoms with Gasteiger partial charge in [0.1, 0.15) is 35.5 Å². The van der Waals surface area contributed by atoms with Crippen molar-refractivity contribution in [3.8, 4) is 11.6 Å². The van der Waals surface area contributed by atoms with Crippen LogP contribution in [0, 0.1) is 23.2 Å². The van der Waals surface area contributed by atoms with Crippen molar-refractivity contribution >= 4 is 29.3 Å².